The smallest absolute Gasteiger partial charge is 0.309 e. The fourth-order valence-electron chi connectivity index (χ4n) is 10.8. The van der Waals surface area contributed by atoms with Gasteiger partial charge in [-0.1, -0.05) is 377 Å². The molecule has 0 N–H and O–H groups in total. The Morgan fingerprint density at radius 1 is 0.259 bits per heavy atom. The molecule has 0 aromatic carbocycles. The van der Waals surface area contributed by atoms with Gasteiger partial charge in [-0.2, -0.15) is 0 Å². The third-order valence-electron chi connectivity index (χ3n) is 16.1. The first-order valence-corrected chi connectivity index (χ1v) is 35.8. The van der Waals surface area contributed by atoms with Gasteiger partial charge in [0, 0.05) is 12.8 Å². The van der Waals surface area contributed by atoms with E-state index in [4.69, 9.17) is 14.2 Å². The van der Waals surface area contributed by atoms with E-state index in [2.05, 4.69) is 69.4 Å². The lowest BCUT2D eigenvalue weighted by Gasteiger charge is -2.18. The van der Waals surface area contributed by atoms with E-state index in [0.717, 1.165) is 70.6 Å². The average molecular weight is 1130 g/mol. The summed E-state index contributed by atoms with van der Waals surface area (Å²) < 4.78 is 16.9. The highest BCUT2D eigenvalue weighted by atomic mass is 16.6. The van der Waals surface area contributed by atoms with Crippen molar-refractivity contribution in [2.75, 3.05) is 13.2 Å². The summed E-state index contributed by atoms with van der Waals surface area (Å²) in [6, 6.07) is 0. The highest BCUT2D eigenvalue weighted by Crippen LogP contribution is 2.19. The molecule has 0 aliphatic heterocycles. The van der Waals surface area contributed by atoms with Crippen LogP contribution in [0, 0.1) is 0 Å². The van der Waals surface area contributed by atoms with Crippen LogP contribution in [0.2, 0.25) is 0 Å². The number of hydrogen-bond acceptors (Lipinski definition) is 6. The van der Waals surface area contributed by atoms with Crippen LogP contribution in [0.25, 0.3) is 0 Å². The SMILES string of the molecule is CC/C=C\C/C=C\C/C=C\C/C=C\C/C=C\CC(=O)OCC(COC(=O)CCCCCCCCCCCCCCCCCCCCCCCCCCCC)OC(=O)CCCCCCCCCCCCCCCCCCCCCCCC. The maximum Gasteiger partial charge on any atom is 0.309 e. The standard InChI is InChI=1S/C75H136O6/c1-4-7-10-13-16-19-22-25-28-30-32-34-36-37-38-39-41-42-44-47-50-53-56-59-62-65-68-74(77)80-71-72(70-79-73(76)67-64-61-58-55-52-49-46-27-24-21-18-15-12-9-6-3)81-75(78)69-66-63-60-57-54-51-48-45-43-40-35-33-31-29-26-23-20-17-14-11-8-5-2/h9,12,18,21,27,46,52,55,61,64,72H,4-8,10-11,13-17,19-20,22-26,28-45,47-51,53-54,56-60,62-63,65-71H2,1-3H3/b12-9-,21-18-,46-27-,55-52-,64-61-. The number of esters is 3. The lowest BCUT2D eigenvalue weighted by Crippen LogP contribution is -2.30. The molecule has 1 atom stereocenters. The molecule has 472 valence electrons. The van der Waals surface area contributed by atoms with Gasteiger partial charge < -0.3 is 14.2 Å². The molecule has 0 fully saturated rings. The number of carbonyl (C=O) groups is 3. The zero-order valence-corrected chi connectivity index (χ0v) is 54.3. The Labute approximate surface area is 504 Å². The van der Waals surface area contributed by atoms with Crippen LogP contribution in [0.3, 0.4) is 0 Å². The number of hydrogen-bond donors (Lipinski definition) is 0. The molecule has 0 rings (SSSR count). The Kier molecular flexibility index (Phi) is 67.1. The summed E-state index contributed by atoms with van der Waals surface area (Å²) in [7, 11) is 0. The van der Waals surface area contributed by atoms with E-state index in [1.807, 2.05) is 12.2 Å². The van der Waals surface area contributed by atoms with E-state index in [9.17, 15) is 14.4 Å². The molecule has 1 unspecified atom stereocenters. The average Bonchev–Trinajstić information content (AvgIpc) is 3.47. The predicted molar refractivity (Wildman–Crippen MR) is 353 cm³/mol. The van der Waals surface area contributed by atoms with E-state index in [1.54, 1.807) is 0 Å². The van der Waals surface area contributed by atoms with Crippen molar-refractivity contribution in [3.05, 3.63) is 60.8 Å². The molecule has 0 aromatic heterocycles. The lowest BCUT2D eigenvalue weighted by atomic mass is 10.0. The van der Waals surface area contributed by atoms with Gasteiger partial charge in [-0.3, -0.25) is 14.4 Å². The molecule has 0 aromatic rings. The van der Waals surface area contributed by atoms with Gasteiger partial charge in [0.1, 0.15) is 13.2 Å². The van der Waals surface area contributed by atoms with Gasteiger partial charge in [0.2, 0.25) is 0 Å². The molecule has 0 saturated heterocycles. The second kappa shape index (κ2) is 69.6. The first-order valence-electron chi connectivity index (χ1n) is 35.8. The molecule has 0 aliphatic carbocycles. The third kappa shape index (κ3) is 67.8. The van der Waals surface area contributed by atoms with Crippen LogP contribution < -0.4 is 0 Å². The van der Waals surface area contributed by atoms with Crippen molar-refractivity contribution in [2.24, 2.45) is 0 Å². The number of rotatable bonds is 66. The van der Waals surface area contributed by atoms with Crippen molar-refractivity contribution >= 4 is 17.9 Å². The zero-order chi connectivity index (χ0) is 58.5. The minimum atomic E-state index is -0.813. The van der Waals surface area contributed by atoms with Crippen molar-refractivity contribution in [1.82, 2.24) is 0 Å². The maximum atomic E-state index is 12.9. The van der Waals surface area contributed by atoms with Crippen LogP contribution in [-0.2, 0) is 28.6 Å². The van der Waals surface area contributed by atoms with E-state index < -0.39 is 12.1 Å². The van der Waals surface area contributed by atoms with Gasteiger partial charge in [0.15, 0.2) is 6.10 Å². The van der Waals surface area contributed by atoms with Gasteiger partial charge in [-0.05, 0) is 44.9 Å². The molecule has 0 radical (unpaired) electrons. The van der Waals surface area contributed by atoms with Crippen LogP contribution in [-0.4, -0.2) is 37.2 Å². The number of allylic oxidation sites excluding steroid dienone is 9. The summed E-state index contributed by atoms with van der Waals surface area (Å²) in [6.45, 7) is 6.51. The molecule has 6 heteroatoms. The topological polar surface area (TPSA) is 78.9 Å². The monoisotopic (exact) mass is 1130 g/mol. The second-order valence-electron chi connectivity index (χ2n) is 24.2. The maximum absolute atomic E-state index is 12.9. The van der Waals surface area contributed by atoms with Gasteiger partial charge >= 0.3 is 17.9 Å². The Morgan fingerprint density at radius 2 is 0.481 bits per heavy atom. The molecule has 0 heterocycles. The van der Waals surface area contributed by atoms with Crippen LogP contribution in [0.15, 0.2) is 60.8 Å². The summed E-state index contributed by atoms with van der Waals surface area (Å²) in [5.74, 6) is -1.01. The summed E-state index contributed by atoms with van der Waals surface area (Å²) in [6.07, 6.45) is 90.1. The van der Waals surface area contributed by atoms with E-state index >= 15 is 0 Å². The van der Waals surface area contributed by atoms with Crippen molar-refractivity contribution in [3.63, 3.8) is 0 Å². The summed E-state index contributed by atoms with van der Waals surface area (Å²) in [5.41, 5.74) is 0. The van der Waals surface area contributed by atoms with E-state index in [1.165, 1.54) is 270 Å². The van der Waals surface area contributed by atoms with Crippen molar-refractivity contribution < 1.29 is 28.6 Å². The molecular weight excluding hydrogens is 997 g/mol. The molecule has 0 aliphatic rings. The highest BCUT2D eigenvalue weighted by Gasteiger charge is 2.19. The number of carbonyl (C=O) groups excluding carboxylic acids is 3. The van der Waals surface area contributed by atoms with Crippen molar-refractivity contribution in [3.8, 4) is 0 Å². The molecule has 0 bridgehead atoms. The van der Waals surface area contributed by atoms with Crippen LogP contribution in [0.1, 0.15) is 380 Å². The van der Waals surface area contributed by atoms with Crippen LogP contribution in [0.4, 0.5) is 0 Å². The van der Waals surface area contributed by atoms with Crippen molar-refractivity contribution in [1.29, 1.82) is 0 Å². The van der Waals surface area contributed by atoms with Crippen LogP contribution in [0.5, 0.6) is 0 Å². The summed E-state index contributed by atoms with van der Waals surface area (Å²) in [5, 5.41) is 0. The van der Waals surface area contributed by atoms with E-state index in [0.29, 0.717) is 12.8 Å². The molecule has 0 spiro atoms. The Morgan fingerprint density at radius 3 is 0.753 bits per heavy atom. The first kappa shape index (κ1) is 78.1. The molecule has 0 amide bonds. The third-order valence-corrected chi connectivity index (χ3v) is 16.1. The number of ether oxygens (including phenoxy) is 3. The highest BCUT2D eigenvalue weighted by molar-refractivity contribution is 5.72. The predicted octanol–water partition coefficient (Wildman–Crippen LogP) is 24.7. The Balaban J connectivity index is 4.30. The Hall–Kier alpha value is -2.89. The first-order chi connectivity index (χ1) is 40.0. The Bertz CT molecular complexity index is 1440. The summed E-state index contributed by atoms with van der Waals surface area (Å²) in [4.78, 5) is 38.4. The normalized spacial score (nSPS) is 12.4. The minimum Gasteiger partial charge on any atom is -0.462 e. The van der Waals surface area contributed by atoms with Gasteiger partial charge in [-0.25, -0.2) is 0 Å². The molecular formula is C75H136O6. The fourth-order valence-corrected chi connectivity index (χ4v) is 10.8. The summed E-state index contributed by atoms with van der Waals surface area (Å²) >= 11 is 0. The quantitative estimate of drug-likeness (QED) is 0.0261. The van der Waals surface area contributed by atoms with Gasteiger partial charge in [0.05, 0.1) is 6.42 Å². The molecule has 81 heavy (non-hydrogen) atoms. The molecule has 0 saturated carbocycles. The largest absolute Gasteiger partial charge is 0.462 e. The number of unbranched alkanes of at least 4 members (excludes halogenated alkanes) is 46. The lowest BCUT2D eigenvalue weighted by molar-refractivity contribution is -0.166. The van der Waals surface area contributed by atoms with Gasteiger partial charge in [-0.15, -0.1) is 0 Å². The van der Waals surface area contributed by atoms with E-state index in [-0.39, 0.29) is 31.6 Å². The van der Waals surface area contributed by atoms with Crippen LogP contribution >= 0.6 is 0 Å². The molecule has 6 nitrogen and oxygen atoms in total. The van der Waals surface area contributed by atoms with Crippen molar-refractivity contribution in [2.45, 2.75) is 386 Å². The minimum absolute atomic E-state index is 0.0989. The zero-order valence-electron chi connectivity index (χ0n) is 54.3. The van der Waals surface area contributed by atoms with Gasteiger partial charge in [0.25, 0.3) is 0 Å². The fraction of sp³-hybridized carbons (Fsp3) is 0.827. The second-order valence-corrected chi connectivity index (χ2v) is 24.2.